The van der Waals surface area contributed by atoms with E-state index in [4.69, 9.17) is 0 Å². The van der Waals surface area contributed by atoms with Gasteiger partial charge in [-0.15, -0.1) is 0 Å². The number of aromatic nitrogens is 1. The van der Waals surface area contributed by atoms with E-state index in [9.17, 15) is 0 Å². The van der Waals surface area contributed by atoms with E-state index in [1.54, 1.807) is 0 Å². The fraction of sp³-hybridized carbons (Fsp3) is 0.158. The molecule has 3 rings (SSSR count). The first-order valence-electron chi connectivity index (χ1n) is 7.02. The van der Waals surface area contributed by atoms with Crippen LogP contribution in [0.4, 0.5) is 0 Å². The lowest BCUT2D eigenvalue weighted by Gasteiger charge is -1.98. The molecule has 0 bridgehead atoms. The van der Waals surface area contributed by atoms with E-state index in [1.165, 1.54) is 27.7 Å². The van der Waals surface area contributed by atoms with Crippen LogP contribution in [-0.4, -0.2) is 4.57 Å². The average molecular weight is 261 g/mol. The van der Waals surface area contributed by atoms with Crippen LogP contribution in [0.25, 0.3) is 17.0 Å². The highest BCUT2D eigenvalue weighted by Gasteiger charge is 2.08. The molecule has 0 aliphatic heterocycles. The summed E-state index contributed by atoms with van der Waals surface area (Å²) in [5.41, 5.74) is 5.29. The van der Waals surface area contributed by atoms with E-state index in [0.29, 0.717) is 0 Å². The molecule has 1 aromatic heterocycles. The lowest BCUT2D eigenvalue weighted by Crippen LogP contribution is -1.89. The largest absolute Gasteiger partial charge is 0.347 e. The van der Waals surface area contributed by atoms with E-state index >= 15 is 0 Å². The van der Waals surface area contributed by atoms with E-state index in [1.807, 2.05) is 0 Å². The molecule has 0 saturated heterocycles. The highest BCUT2D eigenvalue weighted by atomic mass is 14.9. The van der Waals surface area contributed by atoms with Crippen molar-refractivity contribution in [3.63, 3.8) is 0 Å². The van der Waals surface area contributed by atoms with E-state index < -0.39 is 0 Å². The summed E-state index contributed by atoms with van der Waals surface area (Å²) in [4.78, 5) is 0. The van der Waals surface area contributed by atoms with Gasteiger partial charge in [-0.05, 0) is 25.0 Å². The molecule has 20 heavy (non-hydrogen) atoms. The maximum absolute atomic E-state index is 2.26. The molecular weight excluding hydrogens is 242 g/mol. The first-order chi connectivity index (χ1) is 9.77. The third-order valence-electron chi connectivity index (χ3n) is 3.93. The summed E-state index contributed by atoms with van der Waals surface area (Å²) >= 11 is 0. The highest BCUT2D eigenvalue weighted by Crippen LogP contribution is 2.25. The van der Waals surface area contributed by atoms with Crippen molar-refractivity contribution < 1.29 is 0 Å². The number of hydrogen-bond donors (Lipinski definition) is 0. The van der Waals surface area contributed by atoms with Crippen LogP contribution in [0.5, 0.6) is 0 Å². The number of allylic oxidation sites excluding steroid dienone is 1. The van der Waals surface area contributed by atoms with Crippen LogP contribution in [0.15, 0.2) is 60.7 Å². The predicted octanol–water partition coefficient (Wildman–Crippen LogP) is 4.74. The van der Waals surface area contributed by atoms with Crippen molar-refractivity contribution in [2.75, 3.05) is 0 Å². The summed E-state index contributed by atoms with van der Waals surface area (Å²) in [5.74, 6) is 0. The molecule has 0 aliphatic carbocycles. The summed E-state index contributed by atoms with van der Waals surface area (Å²) in [7, 11) is 2.13. The van der Waals surface area contributed by atoms with Crippen LogP contribution in [0.1, 0.15) is 16.8 Å². The van der Waals surface area contributed by atoms with Crippen LogP contribution in [-0.2, 0) is 13.5 Å². The summed E-state index contributed by atoms with van der Waals surface area (Å²) in [5, 5.41) is 1.33. The minimum Gasteiger partial charge on any atom is -0.347 e. The molecule has 2 aromatic carbocycles. The number of para-hydroxylation sites is 1. The smallest absolute Gasteiger partial charge is 0.0486 e. The number of hydrogen-bond acceptors (Lipinski definition) is 0. The van der Waals surface area contributed by atoms with Gasteiger partial charge in [0.15, 0.2) is 0 Å². The molecule has 1 heterocycles. The molecule has 0 fully saturated rings. The van der Waals surface area contributed by atoms with Gasteiger partial charge in [-0.2, -0.15) is 0 Å². The Labute approximate surface area is 120 Å². The molecule has 0 atom stereocenters. The van der Waals surface area contributed by atoms with E-state index in [0.717, 1.165) is 6.42 Å². The zero-order valence-corrected chi connectivity index (χ0v) is 12.0. The zero-order chi connectivity index (χ0) is 13.9. The lowest BCUT2D eigenvalue weighted by atomic mass is 10.1. The van der Waals surface area contributed by atoms with E-state index in [2.05, 4.69) is 85.3 Å². The molecule has 100 valence electrons. The van der Waals surface area contributed by atoms with E-state index in [-0.39, 0.29) is 0 Å². The van der Waals surface area contributed by atoms with Crippen LogP contribution in [0.2, 0.25) is 0 Å². The molecule has 0 spiro atoms. The van der Waals surface area contributed by atoms with Crippen LogP contribution in [0, 0.1) is 6.92 Å². The highest BCUT2D eigenvalue weighted by molar-refractivity contribution is 5.91. The summed E-state index contributed by atoms with van der Waals surface area (Å²) < 4.78 is 2.26. The number of benzene rings is 2. The normalized spacial score (nSPS) is 11.5. The third-order valence-corrected chi connectivity index (χ3v) is 3.93. The Balaban J connectivity index is 1.93. The van der Waals surface area contributed by atoms with Crippen molar-refractivity contribution in [2.24, 2.45) is 7.05 Å². The van der Waals surface area contributed by atoms with Crippen molar-refractivity contribution in [3.05, 3.63) is 77.5 Å². The first-order valence-corrected chi connectivity index (χ1v) is 7.02. The summed E-state index contributed by atoms with van der Waals surface area (Å²) in [6, 6.07) is 19.2. The van der Waals surface area contributed by atoms with Gasteiger partial charge >= 0.3 is 0 Å². The summed E-state index contributed by atoms with van der Waals surface area (Å²) in [6.07, 6.45) is 5.48. The number of nitrogens with zero attached hydrogens (tertiary/aromatic N) is 1. The molecule has 3 aromatic rings. The van der Waals surface area contributed by atoms with Crippen molar-refractivity contribution in [3.8, 4) is 0 Å². The van der Waals surface area contributed by atoms with Gasteiger partial charge in [-0.1, -0.05) is 60.7 Å². The molecule has 0 unspecified atom stereocenters. The molecular formula is C19H19N. The van der Waals surface area contributed by atoms with Gasteiger partial charge in [-0.25, -0.2) is 0 Å². The fourth-order valence-electron chi connectivity index (χ4n) is 2.69. The Bertz CT molecular complexity index is 748. The maximum atomic E-state index is 2.26. The second kappa shape index (κ2) is 5.38. The second-order valence-electron chi connectivity index (χ2n) is 5.17. The van der Waals surface area contributed by atoms with Gasteiger partial charge < -0.3 is 4.57 Å². The molecule has 0 saturated carbocycles. The van der Waals surface area contributed by atoms with Gasteiger partial charge in [0.1, 0.15) is 0 Å². The SMILES string of the molecule is Cc1c(/C=C/Cc2ccccc2)c2ccccc2n1C. The van der Waals surface area contributed by atoms with Crippen LogP contribution < -0.4 is 0 Å². The minimum atomic E-state index is 0.976. The third kappa shape index (κ3) is 2.27. The fourth-order valence-corrected chi connectivity index (χ4v) is 2.69. The maximum Gasteiger partial charge on any atom is 0.0486 e. The lowest BCUT2D eigenvalue weighted by molar-refractivity contribution is 0.916. The van der Waals surface area contributed by atoms with Gasteiger partial charge in [-0.3, -0.25) is 0 Å². The molecule has 0 radical (unpaired) electrons. The summed E-state index contributed by atoms with van der Waals surface area (Å²) in [6.45, 7) is 2.18. The molecule has 1 heteroatoms. The van der Waals surface area contributed by atoms with Gasteiger partial charge in [0.25, 0.3) is 0 Å². The Morgan fingerprint density at radius 1 is 0.950 bits per heavy atom. The van der Waals surface area contributed by atoms with Crippen LogP contribution in [0.3, 0.4) is 0 Å². The molecule has 0 amide bonds. The van der Waals surface area contributed by atoms with Gasteiger partial charge in [0.05, 0.1) is 0 Å². The Morgan fingerprint density at radius 2 is 1.65 bits per heavy atom. The predicted molar refractivity (Wildman–Crippen MR) is 86.8 cm³/mol. The van der Waals surface area contributed by atoms with Crippen molar-refractivity contribution in [1.82, 2.24) is 4.57 Å². The number of fused-ring (bicyclic) bond motifs is 1. The van der Waals surface area contributed by atoms with Crippen molar-refractivity contribution >= 4 is 17.0 Å². The standard InChI is InChI=1S/C19H19N/c1-15-17(13-8-11-16-9-4-3-5-10-16)18-12-6-7-14-19(18)20(15)2/h3-10,12-14H,11H2,1-2H3/b13-8+. The Kier molecular flexibility index (Phi) is 3.42. The molecule has 0 N–H and O–H groups in total. The Hall–Kier alpha value is -2.28. The molecule has 1 nitrogen and oxygen atoms in total. The molecule has 0 aliphatic rings. The monoisotopic (exact) mass is 261 g/mol. The number of rotatable bonds is 3. The topological polar surface area (TPSA) is 4.93 Å². The van der Waals surface area contributed by atoms with Gasteiger partial charge in [0, 0.05) is 29.2 Å². The number of aryl methyl sites for hydroxylation is 1. The van der Waals surface area contributed by atoms with Crippen molar-refractivity contribution in [1.29, 1.82) is 0 Å². The van der Waals surface area contributed by atoms with Gasteiger partial charge in [0.2, 0.25) is 0 Å². The zero-order valence-electron chi connectivity index (χ0n) is 12.0. The minimum absolute atomic E-state index is 0.976. The first kappa shape index (κ1) is 12.7. The quantitative estimate of drug-likeness (QED) is 0.641. The average Bonchev–Trinajstić information content (AvgIpc) is 2.74. The Morgan fingerprint density at radius 3 is 2.45 bits per heavy atom. The second-order valence-corrected chi connectivity index (χ2v) is 5.17. The van der Waals surface area contributed by atoms with Crippen molar-refractivity contribution in [2.45, 2.75) is 13.3 Å². The van der Waals surface area contributed by atoms with Crippen LogP contribution >= 0.6 is 0 Å².